The third kappa shape index (κ3) is 5.90. The maximum Gasteiger partial charge on any atom is 0.250 e. The number of hydrogen-bond donors (Lipinski definition) is 3. The molecule has 0 aliphatic carbocycles. The minimum atomic E-state index is -0.568. The second-order valence-corrected chi connectivity index (χ2v) is 3.24. The lowest BCUT2D eigenvalue weighted by Crippen LogP contribution is -2.41. The SMILES string of the molecule is COC(CN)C(=O)NCCCC(C)O. The van der Waals surface area contributed by atoms with Crippen LogP contribution in [0, 0.1) is 0 Å². The summed E-state index contributed by atoms with van der Waals surface area (Å²) in [6, 6.07) is 0. The summed E-state index contributed by atoms with van der Waals surface area (Å²) < 4.78 is 4.85. The van der Waals surface area contributed by atoms with Gasteiger partial charge in [-0.3, -0.25) is 4.79 Å². The van der Waals surface area contributed by atoms with Crippen molar-refractivity contribution in [1.82, 2.24) is 5.32 Å². The van der Waals surface area contributed by atoms with Crippen LogP contribution >= 0.6 is 0 Å². The summed E-state index contributed by atoms with van der Waals surface area (Å²) in [6.45, 7) is 2.45. The molecule has 0 radical (unpaired) electrons. The van der Waals surface area contributed by atoms with E-state index >= 15 is 0 Å². The van der Waals surface area contributed by atoms with Crippen molar-refractivity contribution in [2.45, 2.75) is 32.0 Å². The van der Waals surface area contributed by atoms with Gasteiger partial charge in [-0.25, -0.2) is 0 Å². The fraction of sp³-hybridized carbons (Fsp3) is 0.889. The summed E-state index contributed by atoms with van der Waals surface area (Å²) in [5.74, 6) is -0.194. The molecular formula is C9H20N2O3. The fourth-order valence-electron chi connectivity index (χ4n) is 1.03. The topological polar surface area (TPSA) is 84.6 Å². The van der Waals surface area contributed by atoms with E-state index in [0.29, 0.717) is 13.0 Å². The van der Waals surface area contributed by atoms with E-state index in [-0.39, 0.29) is 18.6 Å². The lowest BCUT2D eigenvalue weighted by Gasteiger charge is -2.13. The Labute approximate surface area is 84.6 Å². The Kier molecular flexibility index (Phi) is 7.37. The molecule has 84 valence electrons. The number of rotatable bonds is 7. The Hall–Kier alpha value is -0.650. The molecule has 0 spiro atoms. The van der Waals surface area contributed by atoms with Gasteiger partial charge in [0.25, 0.3) is 0 Å². The van der Waals surface area contributed by atoms with Gasteiger partial charge >= 0.3 is 0 Å². The van der Waals surface area contributed by atoms with Gasteiger partial charge in [-0.05, 0) is 19.8 Å². The average Bonchev–Trinajstić information content (AvgIpc) is 2.14. The zero-order chi connectivity index (χ0) is 11.0. The molecule has 0 aromatic rings. The number of amides is 1. The largest absolute Gasteiger partial charge is 0.393 e. The van der Waals surface area contributed by atoms with Crippen molar-refractivity contribution >= 4 is 5.91 Å². The van der Waals surface area contributed by atoms with E-state index in [1.165, 1.54) is 7.11 Å². The van der Waals surface area contributed by atoms with Crippen LogP contribution < -0.4 is 11.1 Å². The van der Waals surface area contributed by atoms with E-state index in [9.17, 15) is 4.79 Å². The van der Waals surface area contributed by atoms with Crippen LogP contribution in [-0.4, -0.2) is 43.4 Å². The van der Waals surface area contributed by atoms with Gasteiger partial charge < -0.3 is 20.9 Å². The number of carbonyl (C=O) groups is 1. The number of aliphatic hydroxyl groups excluding tert-OH is 1. The van der Waals surface area contributed by atoms with E-state index in [4.69, 9.17) is 15.6 Å². The molecule has 0 heterocycles. The maximum atomic E-state index is 11.3. The first-order chi connectivity index (χ1) is 6.61. The third-order valence-corrected chi connectivity index (χ3v) is 1.89. The summed E-state index contributed by atoms with van der Waals surface area (Å²) in [7, 11) is 1.45. The molecule has 14 heavy (non-hydrogen) atoms. The van der Waals surface area contributed by atoms with Crippen molar-refractivity contribution in [3.05, 3.63) is 0 Å². The molecule has 0 aliphatic heterocycles. The van der Waals surface area contributed by atoms with E-state index in [2.05, 4.69) is 5.32 Å². The maximum absolute atomic E-state index is 11.3. The monoisotopic (exact) mass is 204 g/mol. The first-order valence-corrected chi connectivity index (χ1v) is 4.80. The Morgan fingerprint density at radius 1 is 1.64 bits per heavy atom. The quantitative estimate of drug-likeness (QED) is 0.476. The number of methoxy groups -OCH3 is 1. The fourth-order valence-corrected chi connectivity index (χ4v) is 1.03. The van der Waals surface area contributed by atoms with Crippen molar-refractivity contribution in [1.29, 1.82) is 0 Å². The first-order valence-electron chi connectivity index (χ1n) is 4.80. The molecule has 0 aromatic carbocycles. The van der Waals surface area contributed by atoms with Crippen LogP contribution in [0.25, 0.3) is 0 Å². The van der Waals surface area contributed by atoms with Gasteiger partial charge in [0, 0.05) is 20.2 Å². The van der Waals surface area contributed by atoms with Gasteiger partial charge in [0.05, 0.1) is 6.10 Å². The van der Waals surface area contributed by atoms with Crippen LogP contribution in [-0.2, 0) is 9.53 Å². The van der Waals surface area contributed by atoms with E-state index in [1.807, 2.05) is 0 Å². The molecule has 0 rings (SSSR count). The molecule has 0 saturated carbocycles. The van der Waals surface area contributed by atoms with Crippen LogP contribution in [0.4, 0.5) is 0 Å². The highest BCUT2D eigenvalue weighted by atomic mass is 16.5. The summed E-state index contributed by atoms with van der Waals surface area (Å²) in [5.41, 5.74) is 5.31. The van der Waals surface area contributed by atoms with E-state index < -0.39 is 6.10 Å². The Bertz CT molecular complexity index is 158. The molecule has 4 N–H and O–H groups in total. The van der Waals surface area contributed by atoms with Crippen molar-refractivity contribution in [3.63, 3.8) is 0 Å². The molecule has 0 saturated heterocycles. The van der Waals surface area contributed by atoms with Crippen molar-refractivity contribution in [2.75, 3.05) is 20.2 Å². The number of ether oxygens (including phenoxy) is 1. The van der Waals surface area contributed by atoms with Crippen LogP contribution in [0.1, 0.15) is 19.8 Å². The highest BCUT2D eigenvalue weighted by Crippen LogP contribution is 1.94. The minimum Gasteiger partial charge on any atom is -0.393 e. The third-order valence-electron chi connectivity index (χ3n) is 1.89. The predicted molar refractivity (Wildman–Crippen MR) is 53.8 cm³/mol. The standard InChI is InChI=1S/C9H20N2O3/c1-7(12)4-3-5-11-9(13)8(6-10)14-2/h7-8,12H,3-6,10H2,1-2H3,(H,11,13). The number of hydrogen-bond acceptors (Lipinski definition) is 4. The molecule has 5 nitrogen and oxygen atoms in total. The van der Waals surface area contributed by atoms with Crippen molar-refractivity contribution in [3.8, 4) is 0 Å². The van der Waals surface area contributed by atoms with E-state index in [0.717, 1.165) is 6.42 Å². The van der Waals surface area contributed by atoms with Crippen LogP contribution in [0.5, 0.6) is 0 Å². The lowest BCUT2D eigenvalue weighted by atomic mass is 10.2. The second kappa shape index (κ2) is 7.73. The zero-order valence-corrected chi connectivity index (χ0v) is 8.82. The number of aliphatic hydroxyl groups is 1. The molecule has 5 heteroatoms. The molecule has 0 aromatic heterocycles. The summed E-state index contributed by atoms with van der Waals surface area (Å²) >= 11 is 0. The second-order valence-electron chi connectivity index (χ2n) is 3.24. The smallest absolute Gasteiger partial charge is 0.250 e. The molecular weight excluding hydrogens is 184 g/mol. The summed E-state index contributed by atoms with van der Waals surface area (Å²) in [6.07, 6.45) is 0.548. The van der Waals surface area contributed by atoms with Gasteiger partial charge in [-0.1, -0.05) is 0 Å². The van der Waals surface area contributed by atoms with Crippen molar-refractivity contribution < 1.29 is 14.6 Å². The number of nitrogens with two attached hydrogens (primary N) is 1. The van der Waals surface area contributed by atoms with Crippen molar-refractivity contribution in [2.24, 2.45) is 5.73 Å². The van der Waals surface area contributed by atoms with Gasteiger partial charge in [-0.15, -0.1) is 0 Å². The van der Waals surface area contributed by atoms with Gasteiger partial charge in [0.1, 0.15) is 6.10 Å². The van der Waals surface area contributed by atoms with Crippen LogP contribution in [0.15, 0.2) is 0 Å². The zero-order valence-electron chi connectivity index (χ0n) is 8.82. The Morgan fingerprint density at radius 3 is 2.71 bits per heavy atom. The molecule has 2 atom stereocenters. The van der Waals surface area contributed by atoms with Crippen LogP contribution in [0.3, 0.4) is 0 Å². The number of carbonyl (C=O) groups excluding carboxylic acids is 1. The molecule has 0 aliphatic rings. The molecule has 2 unspecified atom stereocenters. The summed E-state index contributed by atoms with van der Waals surface area (Å²) in [4.78, 5) is 11.3. The highest BCUT2D eigenvalue weighted by molar-refractivity contribution is 5.80. The van der Waals surface area contributed by atoms with Gasteiger partial charge in [0.15, 0.2) is 0 Å². The predicted octanol–water partition coefficient (Wildman–Crippen LogP) is -0.763. The highest BCUT2D eigenvalue weighted by Gasteiger charge is 2.14. The first kappa shape index (κ1) is 13.4. The lowest BCUT2D eigenvalue weighted by molar-refractivity contribution is -0.130. The average molecular weight is 204 g/mol. The molecule has 0 bridgehead atoms. The van der Waals surface area contributed by atoms with E-state index in [1.54, 1.807) is 6.92 Å². The number of nitrogens with one attached hydrogen (secondary N) is 1. The van der Waals surface area contributed by atoms with Gasteiger partial charge in [0.2, 0.25) is 5.91 Å². The normalized spacial score (nSPS) is 14.9. The minimum absolute atomic E-state index is 0.179. The Balaban J connectivity index is 3.52. The van der Waals surface area contributed by atoms with Crippen LogP contribution in [0.2, 0.25) is 0 Å². The summed E-state index contributed by atoms with van der Waals surface area (Å²) in [5, 5.41) is 11.6. The Morgan fingerprint density at radius 2 is 2.29 bits per heavy atom. The molecule has 0 fully saturated rings. The molecule has 1 amide bonds. The van der Waals surface area contributed by atoms with Gasteiger partial charge in [-0.2, -0.15) is 0 Å².